The predicted octanol–water partition coefficient (Wildman–Crippen LogP) is -0.996. The number of hydrogen-bond donors (Lipinski definition) is 12. The molecular weight excluding hydrogens is 953 g/mol. The second-order valence-electron chi connectivity index (χ2n) is 18.5. The van der Waals surface area contributed by atoms with Gasteiger partial charge in [-0.2, -0.15) is 0 Å². The number of aliphatic hydroxyl groups excluding tert-OH is 10. The Morgan fingerprint density at radius 3 is 1.24 bits per heavy atom. The molecule has 2 aliphatic heterocycles. The van der Waals surface area contributed by atoms with Crippen LogP contribution in [0, 0.1) is 22.7 Å². The highest BCUT2D eigenvalue weighted by atomic mass is 16.7. The van der Waals surface area contributed by atoms with E-state index in [1.54, 1.807) is 0 Å². The summed E-state index contributed by atoms with van der Waals surface area (Å²) in [6, 6.07) is 11.3. The van der Waals surface area contributed by atoms with Gasteiger partial charge in [-0.05, 0) is 110 Å². The van der Waals surface area contributed by atoms with Crippen LogP contribution in [0.5, 0.6) is 11.5 Å². The molecule has 0 radical (unpaired) electrons. The number of rotatable bonds is 19. The lowest BCUT2D eigenvalue weighted by Gasteiger charge is -2.40. The Bertz CT molecular complexity index is 2100. The van der Waals surface area contributed by atoms with Crippen LogP contribution in [0.2, 0.25) is 0 Å². The van der Waals surface area contributed by atoms with Crippen LogP contribution in [-0.4, -0.2) is 186 Å². The quantitative estimate of drug-likeness (QED) is 0.0264. The van der Waals surface area contributed by atoms with E-state index in [1.165, 1.54) is 72.8 Å². The number of carbonyl (C=O) groups is 4. The van der Waals surface area contributed by atoms with Crippen LogP contribution in [0.4, 0.5) is 0 Å². The van der Waals surface area contributed by atoms with Crippen molar-refractivity contribution >= 4 is 36.7 Å². The SMILES string of the molecule is O=C[C@]1(/C=C/O[C@@H]2O[C@H](CO)[C@@H](O)[C@H](O)[C@H]2O)CC[C@H](COC(=O)C(=C\c2ccc(O)cc2)/C(=C\c2ccc(O)cc2)C(=O)OC[C@H]2CC[C@](C=O)(/C=C/O[C@@H]3O[C@H](CO)[C@@H](O)[C@H](O)[C@H]3O)[C@@H](O)C2)C[C@@H]1O. The molecule has 0 unspecified atom stereocenters. The van der Waals surface area contributed by atoms with Gasteiger partial charge in [-0.25, -0.2) is 9.59 Å². The maximum Gasteiger partial charge on any atom is 0.339 e. The second kappa shape index (κ2) is 24.9. The van der Waals surface area contributed by atoms with Crippen LogP contribution < -0.4 is 0 Å². The van der Waals surface area contributed by atoms with Crippen molar-refractivity contribution < 1.29 is 109 Å². The summed E-state index contributed by atoms with van der Waals surface area (Å²) in [5, 5.41) is 122. The maximum absolute atomic E-state index is 14.2. The lowest BCUT2D eigenvalue weighted by Crippen LogP contribution is -2.58. The minimum absolute atomic E-state index is 0.0407. The van der Waals surface area contributed by atoms with Gasteiger partial charge in [-0.3, -0.25) is 0 Å². The van der Waals surface area contributed by atoms with Crippen LogP contribution >= 0.6 is 0 Å². The van der Waals surface area contributed by atoms with E-state index in [1.807, 2.05) is 0 Å². The number of carbonyl (C=O) groups excluding carboxylic acids is 4. The third-order valence-corrected chi connectivity index (χ3v) is 13.7. The molecule has 16 atom stereocenters. The summed E-state index contributed by atoms with van der Waals surface area (Å²) < 4.78 is 33.0. The monoisotopic (exact) mass is 1010 g/mol. The number of phenolic OH excluding ortho intramolecular Hbond substituents is 2. The van der Waals surface area contributed by atoms with E-state index < -0.39 is 121 Å². The zero-order chi connectivity index (χ0) is 52.3. The molecule has 394 valence electrons. The van der Waals surface area contributed by atoms with E-state index in [0.717, 1.165) is 12.5 Å². The maximum atomic E-state index is 14.2. The molecule has 0 spiro atoms. The number of benzene rings is 2. The zero-order valence-electron chi connectivity index (χ0n) is 38.8. The smallest absolute Gasteiger partial charge is 0.339 e. The van der Waals surface area contributed by atoms with Gasteiger partial charge >= 0.3 is 11.9 Å². The largest absolute Gasteiger partial charge is 0.508 e. The Morgan fingerprint density at radius 2 is 0.917 bits per heavy atom. The van der Waals surface area contributed by atoms with Gasteiger partial charge in [0.05, 0.1) is 73.1 Å². The molecule has 4 fully saturated rings. The molecule has 0 aromatic heterocycles. The Balaban J connectivity index is 1.14. The third kappa shape index (κ3) is 13.1. The minimum atomic E-state index is -1.71. The predicted molar refractivity (Wildman–Crippen MR) is 246 cm³/mol. The van der Waals surface area contributed by atoms with Crippen LogP contribution in [0.3, 0.4) is 0 Å². The number of phenols is 2. The summed E-state index contributed by atoms with van der Waals surface area (Å²) in [6.45, 7) is -1.95. The summed E-state index contributed by atoms with van der Waals surface area (Å²) >= 11 is 0. The van der Waals surface area contributed by atoms with Gasteiger partial charge in [0, 0.05) is 0 Å². The van der Waals surface area contributed by atoms with Gasteiger partial charge in [0.2, 0.25) is 12.6 Å². The summed E-state index contributed by atoms with van der Waals surface area (Å²) in [6.07, 6.45) is -9.57. The van der Waals surface area contributed by atoms with Crippen molar-refractivity contribution in [1.82, 2.24) is 0 Å². The summed E-state index contributed by atoms with van der Waals surface area (Å²) in [7, 11) is 0. The highest BCUT2D eigenvalue weighted by Gasteiger charge is 2.47. The Labute approximate surface area is 412 Å². The van der Waals surface area contributed by atoms with Crippen molar-refractivity contribution in [2.45, 2.75) is 112 Å². The van der Waals surface area contributed by atoms with Gasteiger partial charge in [0.25, 0.3) is 0 Å². The summed E-state index contributed by atoms with van der Waals surface area (Å²) in [4.78, 5) is 53.4. The van der Waals surface area contributed by atoms with E-state index in [9.17, 15) is 80.5 Å². The standard InChI is InChI=1S/C50H62O22/c51-21-35-39(59)41(61)43(63)47(71-35)67-15-13-49(25-53)11-9-29(19-37(49)57)23-69-45(65)33(17-27-1-5-31(55)6-2-27)34(18-28-3-7-32(56)8-4-28)46(66)70-24-30-10-12-50(26-54,38(58)20-30)14-16-68-48-44(64)42(62)40(60)36(22-52)72-48/h1-8,13-18,25-26,29-30,35-44,47-48,51-52,55-64H,9-12,19-24H2/b15-13+,16-14+,33-17-,34-18+/t29-,30-,35+,36+,37-,38-,39+,40+,41-,42-,43+,44+,47+,48+,49+,50+/m0/s1. The lowest BCUT2D eigenvalue weighted by molar-refractivity contribution is -0.288. The van der Waals surface area contributed by atoms with Gasteiger partial charge < -0.3 is 99.3 Å². The Hall–Kier alpha value is -5.60. The van der Waals surface area contributed by atoms with Gasteiger partial charge in [-0.1, -0.05) is 24.3 Å². The Morgan fingerprint density at radius 1 is 0.556 bits per heavy atom. The first kappa shape index (κ1) is 55.7. The lowest BCUT2D eigenvalue weighted by atomic mass is 9.69. The number of aromatic hydroxyl groups is 2. The van der Waals surface area contributed by atoms with Crippen LogP contribution in [0.15, 0.2) is 84.4 Å². The van der Waals surface area contributed by atoms with Gasteiger partial charge in [0.15, 0.2) is 0 Å². The topological polar surface area (TPSA) is 366 Å². The fourth-order valence-corrected chi connectivity index (χ4v) is 8.95. The fourth-order valence-electron chi connectivity index (χ4n) is 8.95. The average Bonchev–Trinajstić information content (AvgIpc) is 3.38. The minimum Gasteiger partial charge on any atom is -0.508 e. The van der Waals surface area contributed by atoms with Gasteiger partial charge in [-0.15, -0.1) is 0 Å². The van der Waals surface area contributed by atoms with Crippen molar-refractivity contribution in [3.8, 4) is 11.5 Å². The molecule has 0 amide bonds. The van der Waals surface area contributed by atoms with E-state index in [0.29, 0.717) is 23.7 Å². The number of aldehydes is 2. The summed E-state index contributed by atoms with van der Waals surface area (Å²) in [5.41, 5.74) is -2.86. The number of hydrogen-bond acceptors (Lipinski definition) is 22. The Kier molecular flexibility index (Phi) is 19.3. The zero-order valence-corrected chi connectivity index (χ0v) is 38.8. The molecule has 12 N–H and O–H groups in total. The number of ether oxygens (including phenoxy) is 6. The van der Waals surface area contributed by atoms with Crippen molar-refractivity contribution in [3.05, 3.63) is 95.5 Å². The van der Waals surface area contributed by atoms with Crippen molar-refractivity contribution in [1.29, 1.82) is 0 Å². The molecule has 22 nitrogen and oxygen atoms in total. The molecule has 2 aliphatic carbocycles. The molecule has 2 aromatic carbocycles. The van der Waals surface area contributed by atoms with Crippen LogP contribution in [0.25, 0.3) is 12.2 Å². The molecule has 0 bridgehead atoms. The number of aliphatic hydroxyl groups is 10. The van der Waals surface area contributed by atoms with E-state index in [4.69, 9.17) is 28.4 Å². The third-order valence-electron chi connectivity index (χ3n) is 13.7. The molecule has 2 saturated carbocycles. The normalized spacial score (nSPS) is 35.6. The molecule has 6 rings (SSSR count). The first-order valence-corrected chi connectivity index (χ1v) is 23.3. The molecule has 72 heavy (non-hydrogen) atoms. The van der Waals surface area contributed by atoms with E-state index in [-0.39, 0.29) is 74.4 Å². The van der Waals surface area contributed by atoms with Crippen LogP contribution in [-0.2, 0) is 47.6 Å². The van der Waals surface area contributed by atoms with Crippen molar-refractivity contribution in [3.63, 3.8) is 0 Å². The molecule has 2 saturated heterocycles. The van der Waals surface area contributed by atoms with Gasteiger partial charge in [0.1, 0.15) is 72.9 Å². The fraction of sp³-hybridized carbons (Fsp3) is 0.520. The van der Waals surface area contributed by atoms with E-state index in [2.05, 4.69) is 0 Å². The molecule has 2 aromatic rings. The van der Waals surface area contributed by atoms with Crippen molar-refractivity contribution in [2.75, 3.05) is 26.4 Å². The highest BCUT2D eigenvalue weighted by molar-refractivity contribution is 6.12. The first-order chi connectivity index (χ1) is 34.4. The summed E-state index contributed by atoms with van der Waals surface area (Å²) in [5.74, 6) is -3.18. The average molecular weight is 1020 g/mol. The molecular formula is C50H62O22. The molecule has 2 heterocycles. The number of esters is 2. The van der Waals surface area contributed by atoms with Crippen LogP contribution in [0.1, 0.15) is 49.7 Å². The highest BCUT2D eigenvalue weighted by Crippen LogP contribution is 2.41. The van der Waals surface area contributed by atoms with E-state index >= 15 is 0 Å². The van der Waals surface area contributed by atoms with Crippen molar-refractivity contribution in [2.24, 2.45) is 22.7 Å². The molecule has 22 heteroatoms. The second-order valence-corrected chi connectivity index (χ2v) is 18.5. The first-order valence-electron chi connectivity index (χ1n) is 23.3. The molecule has 4 aliphatic rings.